The molecule has 1 N–H and O–H groups in total. The zero-order valence-electron chi connectivity index (χ0n) is 16.4. The van der Waals surface area contributed by atoms with Crippen molar-refractivity contribution < 1.29 is 14.3 Å². The highest BCUT2D eigenvalue weighted by molar-refractivity contribution is 8.01. The molecule has 1 aliphatic heterocycles. The number of piperazine rings is 1. The first-order valence-electron chi connectivity index (χ1n) is 9.90. The molecule has 156 valence electrons. The number of carbonyl (C=O) groups excluding carboxylic acids is 2. The lowest BCUT2D eigenvalue weighted by Crippen LogP contribution is -2.49. The van der Waals surface area contributed by atoms with Crippen LogP contribution in [-0.4, -0.2) is 79.1 Å². The summed E-state index contributed by atoms with van der Waals surface area (Å²) in [6.45, 7) is 4.08. The first kappa shape index (κ1) is 21.3. The molecule has 0 spiro atoms. The van der Waals surface area contributed by atoms with E-state index in [2.05, 4.69) is 20.4 Å². The summed E-state index contributed by atoms with van der Waals surface area (Å²) < 4.78 is 5.70. The van der Waals surface area contributed by atoms with E-state index in [1.807, 2.05) is 4.90 Å². The second kappa shape index (κ2) is 11.0. The van der Waals surface area contributed by atoms with E-state index in [4.69, 9.17) is 4.74 Å². The Bertz CT molecular complexity index is 643. The molecule has 0 unspecified atom stereocenters. The molecular weight excluding hydrogens is 398 g/mol. The largest absolute Gasteiger partial charge is 0.383 e. The van der Waals surface area contributed by atoms with Gasteiger partial charge in [0.05, 0.1) is 12.4 Å². The lowest BCUT2D eigenvalue weighted by Gasteiger charge is -2.34. The number of hydrogen-bond acceptors (Lipinski definition) is 8. The number of nitrogens with zero attached hydrogens (tertiary/aromatic N) is 4. The van der Waals surface area contributed by atoms with Crippen LogP contribution in [0.25, 0.3) is 0 Å². The van der Waals surface area contributed by atoms with Crippen LogP contribution in [0.4, 0.5) is 5.13 Å². The number of ether oxygens (including phenoxy) is 1. The third-order valence-corrected chi connectivity index (χ3v) is 7.31. The minimum Gasteiger partial charge on any atom is -0.383 e. The third kappa shape index (κ3) is 6.31. The van der Waals surface area contributed by atoms with Gasteiger partial charge in [-0.2, -0.15) is 0 Å². The van der Waals surface area contributed by atoms with Crippen molar-refractivity contribution in [3.05, 3.63) is 0 Å². The Balaban J connectivity index is 1.38. The van der Waals surface area contributed by atoms with Gasteiger partial charge in [-0.3, -0.25) is 9.59 Å². The van der Waals surface area contributed by atoms with Crippen LogP contribution in [0.1, 0.15) is 32.1 Å². The van der Waals surface area contributed by atoms with E-state index in [0.29, 0.717) is 37.2 Å². The van der Waals surface area contributed by atoms with Crippen molar-refractivity contribution >= 4 is 40.0 Å². The summed E-state index contributed by atoms with van der Waals surface area (Å²) in [5.74, 6) is 1.19. The molecule has 0 atom stereocenters. The number of thioether (sulfide) groups is 1. The van der Waals surface area contributed by atoms with Gasteiger partial charge in [0.2, 0.25) is 16.9 Å². The van der Waals surface area contributed by atoms with E-state index in [0.717, 1.165) is 35.7 Å². The average Bonchev–Trinajstić information content (AvgIpc) is 3.39. The molecule has 2 fully saturated rings. The first-order chi connectivity index (χ1) is 13.7. The van der Waals surface area contributed by atoms with Gasteiger partial charge in [0, 0.05) is 46.3 Å². The molecule has 2 amide bonds. The van der Waals surface area contributed by atoms with Crippen LogP contribution >= 0.6 is 23.1 Å². The highest BCUT2D eigenvalue weighted by atomic mass is 32.2. The molecule has 1 aromatic rings. The zero-order valence-corrected chi connectivity index (χ0v) is 18.0. The summed E-state index contributed by atoms with van der Waals surface area (Å²) in [5.41, 5.74) is 0. The van der Waals surface area contributed by atoms with Crippen LogP contribution in [0.3, 0.4) is 0 Å². The zero-order chi connectivity index (χ0) is 19.8. The van der Waals surface area contributed by atoms with Gasteiger partial charge in [0.1, 0.15) is 0 Å². The molecule has 1 saturated carbocycles. The van der Waals surface area contributed by atoms with Crippen molar-refractivity contribution in [3.63, 3.8) is 0 Å². The molecule has 2 heterocycles. The Morgan fingerprint density at radius 1 is 1.21 bits per heavy atom. The monoisotopic (exact) mass is 427 g/mol. The van der Waals surface area contributed by atoms with Gasteiger partial charge in [-0.05, 0) is 18.8 Å². The van der Waals surface area contributed by atoms with Crippen LogP contribution < -0.4 is 10.2 Å². The van der Waals surface area contributed by atoms with Gasteiger partial charge < -0.3 is 19.9 Å². The van der Waals surface area contributed by atoms with E-state index in [9.17, 15) is 9.59 Å². The summed E-state index contributed by atoms with van der Waals surface area (Å²) in [5, 5.41) is 12.1. The van der Waals surface area contributed by atoms with Crippen LogP contribution in [0.5, 0.6) is 0 Å². The molecule has 0 radical (unpaired) electrons. The molecular formula is C18H29N5O3S2. The molecule has 10 heteroatoms. The van der Waals surface area contributed by atoms with E-state index < -0.39 is 0 Å². The summed E-state index contributed by atoms with van der Waals surface area (Å²) in [4.78, 5) is 28.4. The molecule has 2 aliphatic rings. The number of carbonyl (C=O) groups is 2. The van der Waals surface area contributed by atoms with Crippen molar-refractivity contribution in [2.75, 3.05) is 57.1 Å². The fraction of sp³-hybridized carbons (Fsp3) is 0.778. The van der Waals surface area contributed by atoms with Gasteiger partial charge in [-0.1, -0.05) is 35.9 Å². The maximum Gasteiger partial charge on any atom is 0.230 e. The highest BCUT2D eigenvalue weighted by Crippen LogP contribution is 2.30. The Hall–Kier alpha value is -1.39. The van der Waals surface area contributed by atoms with Crippen LogP contribution in [-0.2, 0) is 14.3 Å². The third-order valence-electron chi connectivity index (χ3n) is 5.19. The van der Waals surface area contributed by atoms with Crippen molar-refractivity contribution in [2.24, 2.45) is 5.92 Å². The van der Waals surface area contributed by atoms with Crippen molar-refractivity contribution in [2.45, 2.75) is 36.4 Å². The average molecular weight is 428 g/mol. The Morgan fingerprint density at radius 2 is 1.96 bits per heavy atom. The number of hydrogen-bond donors (Lipinski definition) is 1. The van der Waals surface area contributed by atoms with Crippen LogP contribution in [0.2, 0.25) is 0 Å². The summed E-state index contributed by atoms with van der Waals surface area (Å²) in [7, 11) is 1.61. The fourth-order valence-electron chi connectivity index (χ4n) is 3.60. The van der Waals surface area contributed by atoms with Crippen molar-refractivity contribution in [1.29, 1.82) is 0 Å². The molecule has 1 aromatic heterocycles. The Kier molecular flexibility index (Phi) is 8.35. The number of rotatable bonds is 9. The number of methoxy groups -OCH3 is 1. The van der Waals surface area contributed by atoms with Gasteiger partial charge in [-0.15, -0.1) is 10.2 Å². The minimum atomic E-state index is -0.0341. The SMILES string of the molecule is COCCNC(=O)CSc1nnc(N2CCN(C(=O)CC3CCCC3)CC2)s1. The summed E-state index contributed by atoms with van der Waals surface area (Å²) >= 11 is 2.90. The lowest BCUT2D eigenvalue weighted by atomic mass is 10.0. The lowest BCUT2D eigenvalue weighted by molar-refractivity contribution is -0.132. The topological polar surface area (TPSA) is 87.7 Å². The number of aromatic nitrogens is 2. The van der Waals surface area contributed by atoms with Crippen LogP contribution in [0, 0.1) is 5.92 Å². The minimum absolute atomic E-state index is 0.0341. The van der Waals surface area contributed by atoms with E-state index in [1.54, 1.807) is 7.11 Å². The smallest absolute Gasteiger partial charge is 0.230 e. The summed E-state index contributed by atoms with van der Waals surface area (Å²) in [6, 6.07) is 0. The molecule has 1 aliphatic carbocycles. The maximum atomic E-state index is 12.5. The van der Waals surface area contributed by atoms with E-state index in [1.165, 1.54) is 48.8 Å². The van der Waals surface area contributed by atoms with E-state index >= 15 is 0 Å². The predicted octanol–water partition coefficient (Wildman–Crippen LogP) is 1.62. The molecule has 0 bridgehead atoms. The maximum absolute atomic E-state index is 12.5. The standard InChI is InChI=1S/C18H29N5O3S2/c1-26-11-6-19-15(24)13-27-18-21-20-17(28-18)23-9-7-22(8-10-23)16(25)12-14-4-2-3-5-14/h14H,2-13H2,1H3,(H,19,24). The molecule has 28 heavy (non-hydrogen) atoms. The van der Waals surface area contributed by atoms with Gasteiger partial charge >= 0.3 is 0 Å². The van der Waals surface area contributed by atoms with Crippen molar-refractivity contribution in [3.8, 4) is 0 Å². The second-order valence-electron chi connectivity index (χ2n) is 7.20. The molecule has 8 nitrogen and oxygen atoms in total. The van der Waals surface area contributed by atoms with Crippen LogP contribution in [0.15, 0.2) is 4.34 Å². The number of amides is 2. The molecule has 3 rings (SSSR count). The quantitative estimate of drug-likeness (QED) is 0.473. The Morgan fingerprint density at radius 3 is 2.68 bits per heavy atom. The van der Waals surface area contributed by atoms with Gasteiger partial charge in [0.25, 0.3) is 0 Å². The number of anilines is 1. The second-order valence-corrected chi connectivity index (χ2v) is 9.38. The summed E-state index contributed by atoms with van der Waals surface area (Å²) in [6.07, 6.45) is 5.69. The predicted molar refractivity (Wildman–Crippen MR) is 111 cm³/mol. The Labute approximate surface area is 174 Å². The first-order valence-corrected chi connectivity index (χ1v) is 11.7. The van der Waals surface area contributed by atoms with Gasteiger partial charge in [0.15, 0.2) is 4.34 Å². The number of nitrogens with one attached hydrogen (secondary N) is 1. The molecule has 0 aromatic carbocycles. The fourth-order valence-corrected chi connectivity index (χ4v) is 5.32. The normalized spacial score (nSPS) is 17.9. The highest BCUT2D eigenvalue weighted by Gasteiger charge is 2.26. The molecule has 1 saturated heterocycles. The van der Waals surface area contributed by atoms with E-state index in [-0.39, 0.29) is 5.91 Å². The van der Waals surface area contributed by atoms with Gasteiger partial charge in [-0.25, -0.2) is 0 Å². The van der Waals surface area contributed by atoms with Crippen molar-refractivity contribution in [1.82, 2.24) is 20.4 Å².